The second-order valence-electron chi connectivity index (χ2n) is 5.77. The minimum absolute atomic E-state index is 0.153. The van der Waals surface area contributed by atoms with Crippen LogP contribution >= 0.6 is 11.6 Å². The van der Waals surface area contributed by atoms with E-state index in [1.165, 1.54) is 0 Å². The van der Waals surface area contributed by atoms with Crippen molar-refractivity contribution in [3.63, 3.8) is 0 Å². The van der Waals surface area contributed by atoms with Crippen LogP contribution < -0.4 is 15.0 Å². The molecule has 28 heavy (non-hydrogen) atoms. The predicted octanol–water partition coefficient (Wildman–Crippen LogP) is 3.38. The van der Waals surface area contributed by atoms with Gasteiger partial charge in [-0.2, -0.15) is 0 Å². The average molecular weight is 401 g/mol. The Hall–Kier alpha value is -3.32. The molecule has 1 N–H and O–H groups in total. The number of nitrogens with zero attached hydrogens (tertiary/aromatic N) is 1. The van der Waals surface area contributed by atoms with Crippen LogP contribution in [0.1, 0.15) is 12.5 Å². The predicted molar refractivity (Wildman–Crippen MR) is 104 cm³/mol. The molecule has 2 aromatic rings. The number of rotatable bonds is 6. The monoisotopic (exact) mass is 400 g/mol. The maximum absolute atomic E-state index is 12.6. The summed E-state index contributed by atoms with van der Waals surface area (Å²) in [6, 6.07) is 12.6. The van der Waals surface area contributed by atoms with E-state index in [-0.39, 0.29) is 12.3 Å². The van der Waals surface area contributed by atoms with Gasteiger partial charge in [0, 0.05) is 5.02 Å². The van der Waals surface area contributed by atoms with Crippen LogP contribution in [-0.2, 0) is 14.3 Å². The Morgan fingerprint density at radius 1 is 1.11 bits per heavy atom. The normalized spacial score (nSPS) is 14.9. The summed E-state index contributed by atoms with van der Waals surface area (Å²) in [6.45, 7) is 1.83. The molecule has 1 heterocycles. The lowest BCUT2D eigenvalue weighted by Gasteiger charge is -2.11. The van der Waals surface area contributed by atoms with E-state index in [1.807, 2.05) is 0 Å². The first-order chi connectivity index (χ1) is 13.5. The summed E-state index contributed by atoms with van der Waals surface area (Å²) >= 11 is 5.84. The zero-order valence-corrected chi connectivity index (χ0v) is 15.7. The molecule has 0 atom stereocenters. The van der Waals surface area contributed by atoms with Crippen LogP contribution in [0.4, 0.5) is 10.5 Å². The Bertz CT molecular complexity index is 923. The first-order valence-electron chi connectivity index (χ1n) is 8.49. The molecule has 1 fully saturated rings. The van der Waals surface area contributed by atoms with E-state index in [1.54, 1.807) is 61.5 Å². The second-order valence-corrected chi connectivity index (χ2v) is 6.20. The standard InChI is InChI=1S/C20H17ClN2O5/c1-2-27-18(24)12-28-16-9-3-13(4-10-16)11-17-19(25)23(20(26)22-17)15-7-5-14(21)6-8-15/h3-11H,2,12H2,1H3,(H,22,26)/b17-11+. The first-order valence-corrected chi connectivity index (χ1v) is 8.87. The number of nitrogens with one attached hydrogen (secondary N) is 1. The van der Waals surface area contributed by atoms with Crippen molar-refractivity contribution in [2.45, 2.75) is 6.92 Å². The van der Waals surface area contributed by atoms with Crippen molar-refractivity contribution >= 4 is 41.3 Å². The molecule has 1 aliphatic rings. The van der Waals surface area contributed by atoms with Crippen LogP contribution in [-0.4, -0.2) is 31.1 Å². The van der Waals surface area contributed by atoms with E-state index >= 15 is 0 Å². The molecule has 2 aromatic carbocycles. The molecule has 144 valence electrons. The molecule has 0 bridgehead atoms. The highest BCUT2D eigenvalue weighted by molar-refractivity contribution is 6.31. The van der Waals surface area contributed by atoms with Gasteiger partial charge in [-0.3, -0.25) is 4.79 Å². The van der Waals surface area contributed by atoms with Crippen molar-refractivity contribution in [3.8, 4) is 5.75 Å². The lowest BCUT2D eigenvalue weighted by atomic mass is 10.2. The lowest BCUT2D eigenvalue weighted by Crippen LogP contribution is -2.30. The van der Waals surface area contributed by atoms with Gasteiger partial charge in [-0.05, 0) is 55.0 Å². The van der Waals surface area contributed by atoms with E-state index in [0.29, 0.717) is 28.6 Å². The van der Waals surface area contributed by atoms with Gasteiger partial charge < -0.3 is 14.8 Å². The van der Waals surface area contributed by atoms with Gasteiger partial charge in [-0.25, -0.2) is 14.5 Å². The van der Waals surface area contributed by atoms with Gasteiger partial charge in [0.15, 0.2) is 6.61 Å². The number of halogens is 1. The number of carbonyl (C=O) groups is 3. The van der Waals surface area contributed by atoms with Crippen LogP contribution in [0.5, 0.6) is 5.75 Å². The summed E-state index contributed by atoms with van der Waals surface area (Å²) in [5, 5.41) is 3.07. The maximum atomic E-state index is 12.6. The first kappa shape index (κ1) is 19.4. The van der Waals surface area contributed by atoms with Crippen molar-refractivity contribution in [2.24, 2.45) is 0 Å². The molecular formula is C20H17ClN2O5. The van der Waals surface area contributed by atoms with Crippen LogP contribution in [0.3, 0.4) is 0 Å². The third kappa shape index (κ3) is 4.50. The molecule has 3 amide bonds. The summed E-state index contributed by atoms with van der Waals surface area (Å²) in [5.41, 5.74) is 1.27. The van der Waals surface area contributed by atoms with Gasteiger partial charge in [0.2, 0.25) is 0 Å². The molecule has 3 rings (SSSR count). The van der Waals surface area contributed by atoms with Crippen LogP contribution in [0.2, 0.25) is 5.02 Å². The van der Waals surface area contributed by atoms with Gasteiger partial charge in [0.25, 0.3) is 5.91 Å². The smallest absolute Gasteiger partial charge is 0.344 e. The number of hydrogen-bond donors (Lipinski definition) is 1. The Morgan fingerprint density at radius 2 is 1.79 bits per heavy atom. The van der Waals surface area contributed by atoms with E-state index in [0.717, 1.165) is 4.90 Å². The van der Waals surface area contributed by atoms with Crippen LogP contribution in [0, 0.1) is 0 Å². The fourth-order valence-electron chi connectivity index (χ4n) is 2.53. The molecule has 0 spiro atoms. The second kappa shape index (κ2) is 8.58. The molecule has 8 heteroatoms. The van der Waals surface area contributed by atoms with Crippen molar-refractivity contribution < 1.29 is 23.9 Å². The van der Waals surface area contributed by atoms with E-state index < -0.39 is 17.9 Å². The minimum Gasteiger partial charge on any atom is -0.482 e. The molecule has 0 saturated carbocycles. The van der Waals surface area contributed by atoms with Crippen molar-refractivity contribution in [2.75, 3.05) is 18.1 Å². The fraction of sp³-hybridized carbons (Fsp3) is 0.150. The quantitative estimate of drug-likeness (QED) is 0.456. The Kier molecular flexibility index (Phi) is 5.96. The highest BCUT2D eigenvalue weighted by Gasteiger charge is 2.34. The maximum Gasteiger partial charge on any atom is 0.344 e. The summed E-state index contributed by atoms with van der Waals surface area (Å²) in [5.74, 6) is -0.426. The van der Waals surface area contributed by atoms with E-state index in [2.05, 4.69) is 5.32 Å². The topological polar surface area (TPSA) is 84.9 Å². The van der Waals surface area contributed by atoms with Gasteiger partial charge in [-0.1, -0.05) is 23.7 Å². The lowest BCUT2D eigenvalue weighted by molar-refractivity contribution is -0.145. The minimum atomic E-state index is -0.534. The van der Waals surface area contributed by atoms with Gasteiger partial charge in [0.05, 0.1) is 12.3 Å². The number of ether oxygens (including phenoxy) is 2. The summed E-state index contributed by atoms with van der Waals surface area (Å²) in [6.07, 6.45) is 1.56. The van der Waals surface area contributed by atoms with Crippen LogP contribution in [0.25, 0.3) is 6.08 Å². The van der Waals surface area contributed by atoms with Crippen molar-refractivity contribution in [3.05, 3.63) is 64.8 Å². The molecule has 0 aromatic heterocycles. The van der Waals surface area contributed by atoms with Gasteiger partial charge in [0.1, 0.15) is 11.4 Å². The molecule has 0 radical (unpaired) electrons. The third-order valence-corrected chi connectivity index (χ3v) is 4.07. The largest absolute Gasteiger partial charge is 0.482 e. The fourth-order valence-corrected chi connectivity index (χ4v) is 2.66. The summed E-state index contributed by atoms with van der Waals surface area (Å²) in [7, 11) is 0. The number of carbonyl (C=O) groups excluding carboxylic acids is 3. The van der Waals surface area contributed by atoms with Crippen LogP contribution in [0.15, 0.2) is 54.2 Å². The zero-order valence-electron chi connectivity index (χ0n) is 15.0. The Balaban J connectivity index is 1.69. The molecule has 7 nitrogen and oxygen atoms in total. The van der Waals surface area contributed by atoms with E-state index in [9.17, 15) is 14.4 Å². The highest BCUT2D eigenvalue weighted by Crippen LogP contribution is 2.24. The zero-order chi connectivity index (χ0) is 20.1. The number of hydrogen-bond acceptors (Lipinski definition) is 5. The number of amides is 3. The third-order valence-electron chi connectivity index (χ3n) is 3.82. The van der Waals surface area contributed by atoms with Crippen molar-refractivity contribution in [1.82, 2.24) is 5.32 Å². The number of imide groups is 1. The summed E-state index contributed by atoms with van der Waals surface area (Å²) < 4.78 is 10.1. The Morgan fingerprint density at radius 3 is 2.43 bits per heavy atom. The average Bonchev–Trinajstić information content (AvgIpc) is 2.95. The highest BCUT2D eigenvalue weighted by atomic mass is 35.5. The van der Waals surface area contributed by atoms with Crippen molar-refractivity contribution in [1.29, 1.82) is 0 Å². The molecular weight excluding hydrogens is 384 g/mol. The number of esters is 1. The Labute approximate surface area is 166 Å². The SMILES string of the molecule is CCOC(=O)COc1ccc(/C=C2/NC(=O)N(c3ccc(Cl)cc3)C2=O)cc1. The molecule has 0 unspecified atom stereocenters. The van der Waals surface area contributed by atoms with Gasteiger partial charge >= 0.3 is 12.0 Å². The number of benzene rings is 2. The molecule has 1 aliphatic heterocycles. The molecule has 1 saturated heterocycles. The summed E-state index contributed by atoms with van der Waals surface area (Å²) in [4.78, 5) is 37.1. The van der Waals surface area contributed by atoms with Gasteiger partial charge in [-0.15, -0.1) is 0 Å². The number of urea groups is 1. The molecule has 0 aliphatic carbocycles. The number of anilines is 1. The van der Waals surface area contributed by atoms with E-state index in [4.69, 9.17) is 21.1 Å².